The Bertz CT molecular complexity index is 507. The third kappa shape index (κ3) is 2.65. The van der Waals surface area contributed by atoms with E-state index in [0.717, 1.165) is 0 Å². The van der Waals surface area contributed by atoms with E-state index < -0.39 is 0 Å². The van der Waals surface area contributed by atoms with Crippen molar-refractivity contribution >= 4 is 11.6 Å². The molecule has 0 saturated carbocycles. The predicted octanol–water partition coefficient (Wildman–Crippen LogP) is 1.49. The number of ether oxygens (including phenoxy) is 1. The van der Waals surface area contributed by atoms with Crippen molar-refractivity contribution in [2.45, 2.75) is 13.0 Å². The van der Waals surface area contributed by atoms with Gasteiger partial charge in [0, 0.05) is 18.5 Å². The average Bonchev–Trinajstić information content (AvgIpc) is 2.92. The molecule has 1 N–H and O–H groups in total. The zero-order valence-corrected chi connectivity index (χ0v) is 10.2. The van der Waals surface area contributed by atoms with E-state index in [0.29, 0.717) is 11.6 Å². The highest BCUT2D eigenvalue weighted by Crippen LogP contribution is 2.13. The highest BCUT2D eigenvalue weighted by molar-refractivity contribution is 5.93. The molecule has 0 aliphatic rings. The van der Waals surface area contributed by atoms with E-state index in [9.17, 15) is 4.79 Å². The van der Waals surface area contributed by atoms with Gasteiger partial charge in [0.2, 0.25) is 11.8 Å². The number of pyridine rings is 1. The van der Waals surface area contributed by atoms with Gasteiger partial charge in [0.05, 0.1) is 25.3 Å². The maximum atomic E-state index is 11.9. The topological polar surface area (TPSA) is 69.0 Å². The van der Waals surface area contributed by atoms with Crippen molar-refractivity contribution in [3.8, 4) is 5.88 Å². The molecule has 0 unspecified atom stereocenters. The van der Waals surface area contributed by atoms with Gasteiger partial charge in [-0.15, -0.1) is 0 Å². The molecule has 0 aliphatic heterocycles. The van der Waals surface area contributed by atoms with Gasteiger partial charge in [-0.1, -0.05) is 0 Å². The van der Waals surface area contributed by atoms with Crippen LogP contribution in [0.4, 0.5) is 5.69 Å². The van der Waals surface area contributed by atoms with Crippen molar-refractivity contribution in [1.82, 2.24) is 14.5 Å². The van der Waals surface area contributed by atoms with Gasteiger partial charge in [-0.3, -0.25) is 4.79 Å². The first-order chi connectivity index (χ1) is 8.70. The number of nitrogens with zero attached hydrogens (tertiary/aromatic N) is 3. The lowest BCUT2D eigenvalue weighted by Crippen LogP contribution is -2.22. The first-order valence-corrected chi connectivity index (χ1v) is 5.49. The number of amides is 1. The van der Waals surface area contributed by atoms with Crippen molar-refractivity contribution in [2.24, 2.45) is 0 Å². The van der Waals surface area contributed by atoms with Crippen molar-refractivity contribution in [1.29, 1.82) is 0 Å². The third-order valence-corrected chi connectivity index (χ3v) is 2.56. The number of anilines is 1. The van der Waals surface area contributed by atoms with Gasteiger partial charge in [-0.2, -0.15) is 0 Å². The van der Waals surface area contributed by atoms with Crippen LogP contribution in [0.15, 0.2) is 37.1 Å². The fraction of sp³-hybridized carbons (Fsp3) is 0.250. The molecule has 94 valence electrons. The summed E-state index contributed by atoms with van der Waals surface area (Å²) < 4.78 is 6.67. The molecule has 0 fully saturated rings. The number of hydrogen-bond acceptors (Lipinski definition) is 4. The number of imidazole rings is 1. The Morgan fingerprint density at radius 1 is 1.50 bits per heavy atom. The lowest BCUT2D eigenvalue weighted by molar-refractivity contribution is -0.118. The molecule has 2 aromatic rings. The SMILES string of the molecule is COc1ccc(NC(=O)[C@H](C)n2ccnc2)cn1. The lowest BCUT2D eigenvalue weighted by Gasteiger charge is -2.13. The van der Waals surface area contributed by atoms with E-state index in [4.69, 9.17) is 4.74 Å². The number of aromatic nitrogens is 3. The Morgan fingerprint density at radius 3 is 2.89 bits per heavy atom. The monoisotopic (exact) mass is 246 g/mol. The van der Waals surface area contributed by atoms with Crippen LogP contribution in [0.5, 0.6) is 5.88 Å². The summed E-state index contributed by atoms with van der Waals surface area (Å²) in [6.45, 7) is 1.80. The summed E-state index contributed by atoms with van der Waals surface area (Å²) in [4.78, 5) is 19.9. The highest BCUT2D eigenvalue weighted by atomic mass is 16.5. The minimum Gasteiger partial charge on any atom is -0.481 e. The molecule has 6 nitrogen and oxygen atoms in total. The second-order valence-electron chi connectivity index (χ2n) is 3.76. The van der Waals surface area contributed by atoms with Crippen molar-refractivity contribution in [3.63, 3.8) is 0 Å². The average molecular weight is 246 g/mol. The van der Waals surface area contributed by atoms with Gasteiger partial charge in [-0.05, 0) is 13.0 Å². The number of carbonyl (C=O) groups is 1. The summed E-state index contributed by atoms with van der Waals surface area (Å²) >= 11 is 0. The molecule has 6 heteroatoms. The van der Waals surface area contributed by atoms with Crippen molar-refractivity contribution in [2.75, 3.05) is 12.4 Å². The van der Waals surface area contributed by atoms with E-state index >= 15 is 0 Å². The molecular formula is C12H14N4O2. The van der Waals surface area contributed by atoms with Gasteiger partial charge in [0.25, 0.3) is 0 Å². The molecule has 2 rings (SSSR count). The van der Waals surface area contributed by atoms with E-state index in [-0.39, 0.29) is 11.9 Å². The number of methoxy groups -OCH3 is 1. The molecule has 18 heavy (non-hydrogen) atoms. The third-order valence-electron chi connectivity index (χ3n) is 2.56. The lowest BCUT2D eigenvalue weighted by atomic mass is 10.3. The summed E-state index contributed by atoms with van der Waals surface area (Å²) in [5.74, 6) is 0.385. The first kappa shape index (κ1) is 12.1. The maximum Gasteiger partial charge on any atom is 0.247 e. The fourth-order valence-corrected chi connectivity index (χ4v) is 1.46. The Kier molecular flexibility index (Phi) is 3.57. The standard InChI is InChI=1S/C12H14N4O2/c1-9(16-6-5-13-8-16)12(17)15-10-3-4-11(18-2)14-7-10/h3-9H,1-2H3,(H,15,17)/t9-/m0/s1. The van der Waals surface area contributed by atoms with E-state index in [1.165, 1.54) is 0 Å². The summed E-state index contributed by atoms with van der Waals surface area (Å²) in [5.41, 5.74) is 0.632. The molecule has 2 heterocycles. The first-order valence-electron chi connectivity index (χ1n) is 5.49. The largest absolute Gasteiger partial charge is 0.481 e. The molecule has 0 aromatic carbocycles. The Morgan fingerprint density at radius 2 is 2.33 bits per heavy atom. The fourth-order valence-electron chi connectivity index (χ4n) is 1.46. The van der Waals surface area contributed by atoms with E-state index in [1.54, 1.807) is 55.7 Å². The van der Waals surface area contributed by atoms with Gasteiger partial charge < -0.3 is 14.6 Å². The van der Waals surface area contributed by atoms with Crippen LogP contribution in [0, 0.1) is 0 Å². The Hall–Kier alpha value is -2.37. The number of hydrogen-bond donors (Lipinski definition) is 1. The number of carbonyl (C=O) groups excluding carboxylic acids is 1. The number of rotatable bonds is 4. The molecule has 0 aliphatic carbocycles. The second kappa shape index (κ2) is 5.31. The smallest absolute Gasteiger partial charge is 0.247 e. The van der Waals surface area contributed by atoms with Crippen LogP contribution in [-0.4, -0.2) is 27.6 Å². The molecule has 0 saturated heterocycles. The zero-order valence-electron chi connectivity index (χ0n) is 10.2. The summed E-state index contributed by atoms with van der Waals surface area (Å²) in [6, 6.07) is 3.11. The van der Waals surface area contributed by atoms with Crippen molar-refractivity contribution < 1.29 is 9.53 Å². The summed E-state index contributed by atoms with van der Waals surface area (Å²) in [7, 11) is 1.54. The summed E-state index contributed by atoms with van der Waals surface area (Å²) in [5, 5.41) is 2.78. The molecular weight excluding hydrogens is 232 g/mol. The zero-order chi connectivity index (χ0) is 13.0. The quantitative estimate of drug-likeness (QED) is 0.887. The minimum absolute atomic E-state index is 0.125. The molecule has 2 aromatic heterocycles. The second-order valence-corrected chi connectivity index (χ2v) is 3.76. The minimum atomic E-state index is -0.324. The molecule has 1 amide bonds. The predicted molar refractivity (Wildman–Crippen MR) is 66.4 cm³/mol. The van der Waals surface area contributed by atoms with E-state index in [2.05, 4.69) is 15.3 Å². The van der Waals surface area contributed by atoms with Crippen LogP contribution in [0.25, 0.3) is 0 Å². The highest BCUT2D eigenvalue weighted by Gasteiger charge is 2.14. The van der Waals surface area contributed by atoms with Gasteiger partial charge in [-0.25, -0.2) is 9.97 Å². The maximum absolute atomic E-state index is 11.9. The van der Waals surface area contributed by atoms with Crippen LogP contribution in [0.2, 0.25) is 0 Å². The van der Waals surface area contributed by atoms with Crippen LogP contribution in [0.1, 0.15) is 13.0 Å². The normalized spacial score (nSPS) is 11.9. The molecule has 0 radical (unpaired) electrons. The van der Waals surface area contributed by atoms with Gasteiger partial charge in [0.15, 0.2) is 0 Å². The van der Waals surface area contributed by atoms with E-state index in [1.807, 2.05) is 0 Å². The van der Waals surface area contributed by atoms with Gasteiger partial charge in [0.1, 0.15) is 6.04 Å². The Labute approximate surface area is 105 Å². The summed E-state index contributed by atoms with van der Waals surface area (Å²) in [6.07, 6.45) is 6.54. The van der Waals surface area contributed by atoms with Crippen molar-refractivity contribution in [3.05, 3.63) is 37.1 Å². The Balaban J connectivity index is 2.02. The van der Waals surface area contributed by atoms with Crippen LogP contribution in [0.3, 0.4) is 0 Å². The molecule has 1 atom stereocenters. The van der Waals surface area contributed by atoms with Crippen LogP contribution >= 0.6 is 0 Å². The van der Waals surface area contributed by atoms with Crippen LogP contribution in [-0.2, 0) is 4.79 Å². The van der Waals surface area contributed by atoms with Gasteiger partial charge >= 0.3 is 0 Å². The number of nitrogens with one attached hydrogen (secondary N) is 1. The van der Waals surface area contributed by atoms with Crippen LogP contribution < -0.4 is 10.1 Å². The molecule has 0 spiro atoms. The molecule has 0 bridgehead atoms.